The van der Waals surface area contributed by atoms with Crippen molar-refractivity contribution in [3.05, 3.63) is 24.3 Å². The molecular weight excluding hydrogens is 254 g/mol. The molecule has 0 unspecified atom stereocenters. The van der Waals surface area contributed by atoms with Crippen LogP contribution in [0.1, 0.15) is 32.1 Å². The zero-order valence-electron chi connectivity index (χ0n) is 11.4. The first-order valence-electron chi connectivity index (χ1n) is 6.84. The average molecular weight is 273 g/mol. The highest BCUT2D eigenvalue weighted by molar-refractivity contribution is 5.79. The lowest BCUT2D eigenvalue weighted by Crippen LogP contribution is -2.50. The molecule has 5 heteroatoms. The molecule has 1 aromatic carbocycles. The van der Waals surface area contributed by atoms with Gasteiger partial charge in [0.15, 0.2) is 6.61 Å². The fourth-order valence-electron chi connectivity index (χ4n) is 2.48. The largest absolute Gasteiger partial charge is 0.484 e. The number of nitrogens with zero attached hydrogens (tertiary/aromatic N) is 1. The van der Waals surface area contributed by atoms with Gasteiger partial charge in [-0.05, 0) is 25.0 Å². The van der Waals surface area contributed by atoms with Crippen LogP contribution in [0.2, 0.25) is 0 Å². The van der Waals surface area contributed by atoms with Crippen LogP contribution in [0.3, 0.4) is 0 Å². The maximum atomic E-state index is 11.9. The SMILES string of the molecule is N#CC1(NC(=O)COc2cccc(N)c2)CCCCC1. The summed E-state index contributed by atoms with van der Waals surface area (Å²) in [6.45, 7) is -0.104. The van der Waals surface area contributed by atoms with Gasteiger partial charge in [0.1, 0.15) is 11.3 Å². The number of ether oxygens (including phenoxy) is 1. The van der Waals surface area contributed by atoms with E-state index in [0.29, 0.717) is 24.3 Å². The molecule has 1 aliphatic carbocycles. The molecule has 0 bridgehead atoms. The van der Waals surface area contributed by atoms with Crippen molar-refractivity contribution in [1.82, 2.24) is 5.32 Å². The summed E-state index contributed by atoms with van der Waals surface area (Å²) in [4.78, 5) is 11.9. The summed E-state index contributed by atoms with van der Waals surface area (Å²) in [6.07, 6.45) is 4.51. The lowest BCUT2D eigenvalue weighted by Gasteiger charge is -2.31. The zero-order chi connectivity index (χ0) is 14.4. The van der Waals surface area contributed by atoms with E-state index in [1.165, 1.54) is 0 Å². The van der Waals surface area contributed by atoms with Crippen molar-refractivity contribution in [1.29, 1.82) is 5.26 Å². The first kappa shape index (κ1) is 14.2. The number of carbonyl (C=O) groups excluding carboxylic acids is 1. The molecule has 0 radical (unpaired) electrons. The lowest BCUT2D eigenvalue weighted by molar-refractivity contribution is -0.124. The van der Waals surface area contributed by atoms with Crippen molar-refractivity contribution in [2.75, 3.05) is 12.3 Å². The maximum Gasteiger partial charge on any atom is 0.259 e. The van der Waals surface area contributed by atoms with Gasteiger partial charge in [0.05, 0.1) is 6.07 Å². The molecule has 0 aromatic heterocycles. The van der Waals surface area contributed by atoms with Crippen molar-refractivity contribution < 1.29 is 9.53 Å². The van der Waals surface area contributed by atoms with Gasteiger partial charge in [-0.25, -0.2) is 0 Å². The lowest BCUT2D eigenvalue weighted by atomic mass is 9.83. The van der Waals surface area contributed by atoms with Gasteiger partial charge < -0.3 is 15.8 Å². The summed E-state index contributed by atoms with van der Waals surface area (Å²) in [7, 11) is 0. The van der Waals surface area contributed by atoms with Crippen molar-refractivity contribution in [3.63, 3.8) is 0 Å². The van der Waals surface area contributed by atoms with E-state index in [1.807, 2.05) is 0 Å². The van der Waals surface area contributed by atoms with Gasteiger partial charge in [0.2, 0.25) is 0 Å². The Hall–Kier alpha value is -2.22. The Balaban J connectivity index is 1.87. The number of nitrogens with one attached hydrogen (secondary N) is 1. The minimum atomic E-state index is -0.714. The number of hydrogen-bond donors (Lipinski definition) is 2. The van der Waals surface area contributed by atoms with Crippen LogP contribution in [0, 0.1) is 11.3 Å². The summed E-state index contributed by atoms with van der Waals surface area (Å²) < 4.78 is 5.38. The van der Waals surface area contributed by atoms with Crippen LogP contribution in [0.15, 0.2) is 24.3 Å². The Bertz CT molecular complexity index is 516. The predicted molar refractivity (Wildman–Crippen MR) is 75.9 cm³/mol. The molecule has 0 saturated heterocycles. The number of rotatable bonds is 4. The second-order valence-electron chi connectivity index (χ2n) is 5.16. The summed E-state index contributed by atoms with van der Waals surface area (Å²) in [6, 6.07) is 9.16. The molecule has 0 aliphatic heterocycles. The third kappa shape index (κ3) is 3.64. The minimum Gasteiger partial charge on any atom is -0.484 e. The fraction of sp³-hybridized carbons (Fsp3) is 0.467. The van der Waals surface area contributed by atoms with Crippen molar-refractivity contribution >= 4 is 11.6 Å². The summed E-state index contributed by atoms with van der Waals surface area (Å²) in [5.41, 5.74) is 5.51. The van der Waals surface area contributed by atoms with Crippen LogP contribution in [-0.2, 0) is 4.79 Å². The highest BCUT2D eigenvalue weighted by Gasteiger charge is 2.33. The zero-order valence-corrected chi connectivity index (χ0v) is 11.4. The molecule has 2 rings (SSSR count). The van der Waals surface area contributed by atoms with E-state index >= 15 is 0 Å². The third-order valence-corrected chi connectivity index (χ3v) is 3.53. The predicted octanol–water partition coefficient (Wildman–Crippen LogP) is 1.99. The Morgan fingerprint density at radius 1 is 1.40 bits per heavy atom. The van der Waals surface area contributed by atoms with E-state index < -0.39 is 5.54 Å². The van der Waals surface area contributed by atoms with E-state index in [4.69, 9.17) is 10.5 Å². The van der Waals surface area contributed by atoms with Gasteiger partial charge in [0.25, 0.3) is 5.91 Å². The smallest absolute Gasteiger partial charge is 0.259 e. The van der Waals surface area contributed by atoms with Gasteiger partial charge in [-0.3, -0.25) is 4.79 Å². The molecule has 1 aliphatic rings. The Kier molecular flexibility index (Phi) is 4.46. The third-order valence-electron chi connectivity index (χ3n) is 3.53. The Labute approximate surface area is 118 Å². The fourth-order valence-corrected chi connectivity index (χ4v) is 2.48. The number of benzene rings is 1. The molecule has 0 atom stereocenters. The molecule has 1 fully saturated rings. The first-order chi connectivity index (χ1) is 9.63. The van der Waals surface area contributed by atoms with Crippen molar-refractivity contribution in [3.8, 4) is 11.8 Å². The molecule has 5 nitrogen and oxygen atoms in total. The Morgan fingerprint density at radius 2 is 2.15 bits per heavy atom. The molecule has 106 valence electrons. The maximum absolute atomic E-state index is 11.9. The van der Waals surface area contributed by atoms with Gasteiger partial charge in [-0.2, -0.15) is 5.26 Å². The highest BCUT2D eigenvalue weighted by atomic mass is 16.5. The molecule has 1 saturated carbocycles. The molecule has 0 heterocycles. The number of amides is 1. The van der Waals surface area contributed by atoms with Gasteiger partial charge in [-0.1, -0.05) is 25.3 Å². The molecule has 0 spiro atoms. The van der Waals surface area contributed by atoms with Crippen LogP contribution < -0.4 is 15.8 Å². The van der Waals surface area contributed by atoms with Crippen LogP contribution >= 0.6 is 0 Å². The minimum absolute atomic E-state index is 0.104. The molecular formula is C15H19N3O2. The molecule has 1 aromatic rings. The second-order valence-corrected chi connectivity index (χ2v) is 5.16. The number of nitrogen functional groups attached to an aromatic ring is 1. The molecule has 3 N–H and O–H groups in total. The summed E-state index contributed by atoms with van der Waals surface area (Å²) >= 11 is 0. The number of nitriles is 1. The van der Waals surface area contributed by atoms with Crippen LogP contribution in [-0.4, -0.2) is 18.1 Å². The van der Waals surface area contributed by atoms with E-state index in [2.05, 4.69) is 11.4 Å². The number of anilines is 1. The van der Waals surface area contributed by atoms with Crippen molar-refractivity contribution in [2.24, 2.45) is 0 Å². The highest BCUT2D eigenvalue weighted by Crippen LogP contribution is 2.27. The van der Waals surface area contributed by atoms with Crippen LogP contribution in [0.4, 0.5) is 5.69 Å². The number of hydrogen-bond acceptors (Lipinski definition) is 4. The van der Waals surface area contributed by atoms with Crippen molar-refractivity contribution in [2.45, 2.75) is 37.6 Å². The monoisotopic (exact) mass is 273 g/mol. The van der Waals surface area contributed by atoms with Crippen LogP contribution in [0.25, 0.3) is 0 Å². The number of carbonyl (C=O) groups is 1. The van der Waals surface area contributed by atoms with Gasteiger partial charge >= 0.3 is 0 Å². The molecule has 20 heavy (non-hydrogen) atoms. The van der Waals surface area contributed by atoms with E-state index in [1.54, 1.807) is 24.3 Å². The number of nitrogens with two attached hydrogens (primary N) is 1. The van der Waals surface area contributed by atoms with Gasteiger partial charge in [-0.15, -0.1) is 0 Å². The summed E-state index contributed by atoms with van der Waals surface area (Å²) in [5, 5.41) is 12.1. The van der Waals surface area contributed by atoms with E-state index in [9.17, 15) is 10.1 Å². The summed E-state index contributed by atoms with van der Waals surface area (Å²) in [5.74, 6) is 0.283. The Morgan fingerprint density at radius 3 is 2.80 bits per heavy atom. The van der Waals surface area contributed by atoms with Gasteiger partial charge in [0, 0.05) is 11.8 Å². The average Bonchev–Trinajstić information content (AvgIpc) is 2.46. The standard InChI is InChI=1S/C15H19N3O2/c16-11-15(7-2-1-3-8-15)18-14(19)10-20-13-6-4-5-12(17)9-13/h4-6,9H,1-3,7-8,10,17H2,(H,18,19). The van der Waals surface area contributed by atoms with E-state index in [0.717, 1.165) is 19.3 Å². The van der Waals surface area contributed by atoms with E-state index in [-0.39, 0.29) is 12.5 Å². The normalized spacial score (nSPS) is 16.9. The second kappa shape index (κ2) is 6.29. The topological polar surface area (TPSA) is 88.1 Å². The van der Waals surface area contributed by atoms with Crippen LogP contribution in [0.5, 0.6) is 5.75 Å². The molecule has 1 amide bonds. The first-order valence-corrected chi connectivity index (χ1v) is 6.84. The quantitative estimate of drug-likeness (QED) is 0.821.